The minimum absolute atomic E-state index is 0.161. The Labute approximate surface area is 114 Å². The van der Waals surface area contributed by atoms with Crippen LogP contribution >= 0.6 is 0 Å². The van der Waals surface area contributed by atoms with Crippen molar-refractivity contribution in [2.24, 2.45) is 11.7 Å². The van der Waals surface area contributed by atoms with Crippen LogP contribution in [0.3, 0.4) is 0 Å². The summed E-state index contributed by atoms with van der Waals surface area (Å²) < 4.78 is 15.7. The molecule has 5 nitrogen and oxygen atoms in total. The lowest BCUT2D eigenvalue weighted by atomic mass is 9.94. The largest absolute Gasteiger partial charge is 0.493 e. The van der Waals surface area contributed by atoms with Gasteiger partial charge in [-0.25, -0.2) is 0 Å². The molecule has 1 rings (SSSR count). The molecule has 0 aliphatic carbocycles. The Kier molecular flexibility index (Phi) is 5.44. The first kappa shape index (κ1) is 15.6. The molecule has 5 heteroatoms. The molecule has 0 saturated heterocycles. The Bertz CT molecular complexity index is 395. The molecule has 0 saturated carbocycles. The van der Waals surface area contributed by atoms with Crippen LogP contribution in [0.5, 0.6) is 17.2 Å². The molecular formula is C14H23NO4. The van der Waals surface area contributed by atoms with Crippen LogP contribution in [0.2, 0.25) is 0 Å². The van der Waals surface area contributed by atoms with Gasteiger partial charge in [-0.1, -0.05) is 13.8 Å². The first-order valence-corrected chi connectivity index (χ1v) is 6.19. The monoisotopic (exact) mass is 269 g/mol. The Morgan fingerprint density at radius 2 is 1.47 bits per heavy atom. The molecule has 0 aromatic heterocycles. The molecule has 2 atom stereocenters. The lowest BCUT2D eigenvalue weighted by Gasteiger charge is -2.24. The average Bonchev–Trinajstić information content (AvgIpc) is 2.43. The van der Waals surface area contributed by atoms with Crippen LogP contribution in [0, 0.1) is 5.92 Å². The highest BCUT2D eigenvalue weighted by Crippen LogP contribution is 2.40. The standard InChI is InChI=1S/C14H23NO4/c1-8(2)12(15)13(16)9-6-10(17-3)14(19-5)11(7-9)18-4/h6-8,12-13,16H,15H2,1-5H3. The van der Waals surface area contributed by atoms with E-state index in [4.69, 9.17) is 19.9 Å². The number of hydrogen-bond donors (Lipinski definition) is 2. The summed E-state index contributed by atoms with van der Waals surface area (Å²) in [6.07, 6.45) is -0.784. The second-order valence-electron chi connectivity index (χ2n) is 4.72. The van der Waals surface area contributed by atoms with E-state index in [1.165, 1.54) is 21.3 Å². The fourth-order valence-electron chi connectivity index (χ4n) is 1.86. The number of ether oxygens (including phenoxy) is 3. The van der Waals surface area contributed by atoms with Crippen molar-refractivity contribution < 1.29 is 19.3 Å². The molecule has 1 aromatic carbocycles. The van der Waals surface area contributed by atoms with Gasteiger partial charge in [-0.15, -0.1) is 0 Å². The van der Waals surface area contributed by atoms with Gasteiger partial charge in [0.25, 0.3) is 0 Å². The van der Waals surface area contributed by atoms with E-state index in [9.17, 15) is 5.11 Å². The minimum atomic E-state index is -0.784. The van der Waals surface area contributed by atoms with Gasteiger partial charge in [0.15, 0.2) is 11.5 Å². The fraction of sp³-hybridized carbons (Fsp3) is 0.571. The van der Waals surface area contributed by atoms with Gasteiger partial charge in [-0.3, -0.25) is 0 Å². The van der Waals surface area contributed by atoms with Crippen molar-refractivity contribution >= 4 is 0 Å². The van der Waals surface area contributed by atoms with Crippen LogP contribution in [0.15, 0.2) is 12.1 Å². The maximum Gasteiger partial charge on any atom is 0.203 e. The summed E-state index contributed by atoms with van der Waals surface area (Å²) in [5.74, 6) is 1.67. The number of hydrogen-bond acceptors (Lipinski definition) is 5. The van der Waals surface area contributed by atoms with Crippen LogP contribution in [0.25, 0.3) is 0 Å². The van der Waals surface area contributed by atoms with Crippen molar-refractivity contribution in [3.8, 4) is 17.2 Å². The van der Waals surface area contributed by atoms with Crippen LogP contribution in [-0.4, -0.2) is 32.5 Å². The predicted octanol–water partition coefficient (Wildman–Crippen LogP) is 1.73. The summed E-state index contributed by atoms with van der Waals surface area (Å²) in [5.41, 5.74) is 6.63. The van der Waals surface area contributed by atoms with Crippen molar-refractivity contribution in [1.82, 2.24) is 0 Å². The Balaban J connectivity index is 3.22. The van der Waals surface area contributed by atoms with Gasteiger partial charge in [0.1, 0.15) is 0 Å². The van der Waals surface area contributed by atoms with Crippen molar-refractivity contribution in [2.75, 3.05) is 21.3 Å². The Hall–Kier alpha value is -1.46. The van der Waals surface area contributed by atoms with Gasteiger partial charge >= 0.3 is 0 Å². The van der Waals surface area contributed by atoms with Crippen LogP contribution < -0.4 is 19.9 Å². The zero-order valence-corrected chi connectivity index (χ0v) is 12.1. The van der Waals surface area contributed by atoms with Crippen molar-refractivity contribution in [3.05, 3.63) is 17.7 Å². The minimum Gasteiger partial charge on any atom is -0.493 e. The maximum atomic E-state index is 10.3. The van der Waals surface area contributed by atoms with Gasteiger partial charge in [-0.05, 0) is 23.6 Å². The summed E-state index contributed by atoms with van der Waals surface area (Å²) in [6, 6.07) is 3.07. The van der Waals surface area contributed by atoms with E-state index in [1.54, 1.807) is 12.1 Å². The number of rotatable bonds is 6. The first-order valence-electron chi connectivity index (χ1n) is 6.19. The summed E-state index contributed by atoms with van der Waals surface area (Å²) in [5, 5.41) is 10.3. The van der Waals surface area contributed by atoms with E-state index < -0.39 is 6.10 Å². The lowest BCUT2D eigenvalue weighted by Crippen LogP contribution is -2.33. The molecule has 0 heterocycles. The molecule has 0 spiro atoms. The van der Waals surface area contributed by atoms with Crippen LogP contribution in [0.1, 0.15) is 25.5 Å². The van der Waals surface area contributed by atoms with Crippen LogP contribution in [-0.2, 0) is 0 Å². The second-order valence-corrected chi connectivity index (χ2v) is 4.72. The molecule has 0 bridgehead atoms. The topological polar surface area (TPSA) is 73.9 Å². The highest BCUT2D eigenvalue weighted by Gasteiger charge is 2.23. The van der Waals surface area contributed by atoms with Gasteiger partial charge < -0.3 is 25.1 Å². The molecule has 2 unspecified atom stereocenters. The molecule has 3 N–H and O–H groups in total. The molecule has 1 aromatic rings. The zero-order chi connectivity index (χ0) is 14.6. The number of methoxy groups -OCH3 is 3. The van der Waals surface area contributed by atoms with E-state index in [0.29, 0.717) is 22.8 Å². The molecule has 108 valence electrons. The molecule has 0 amide bonds. The molecule has 0 fully saturated rings. The summed E-state index contributed by atoms with van der Waals surface area (Å²) in [4.78, 5) is 0. The van der Waals surface area contributed by atoms with Crippen molar-refractivity contribution in [3.63, 3.8) is 0 Å². The molecule has 19 heavy (non-hydrogen) atoms. The lowest BCUT2D eigenvalue weighted by molar-refractivity contribution is 0.125. The third-order valence-corrected chi connectivity index (χ3v) is 3.16. The average molecular weight is 269 g/mol. The maximum absolute atomic E-state index is 10.3. The van der Waals surface area contributed by atoms with Crippen molar-refractivity contribution in [2.45, 2.75) is 26.0 Å². The summed E-state index contributed by atoms with van der Waals surface area (Å²) in [6.45, 7) is 3.93. The quantitative estimate of drug-likeness (QED) is 0.822. The molecular weight excluding hydrogens is 246 g/mol. The zero-order valence-electron chi connectivity index (χ0n) is 12.1. The molecule has 0 radical (unpaired) electrons. The van der Waals surface area contributed by atoms with E-state index in [0.717, 1.165) is 0 Å². The van der Waals surface area contributed by atoms with Gasteiger partial charge in [0, 0.05) is 6.04 Å². The number of benzene rings is 1. The molecule has 0 aliphatic rings. The summed E-state index contributed by atoms with van der Waals surface area (Å²) >= 11 is 0. The van der Waals surface area contributed by atoms with Gasteiger partial charge in [0.05, 0.1) is 27.4 Å². The highest BCUT2D eigenvalue weighted by molar-refractivity contribution is 5.54. The number of aliphatic hydroxyl groups is 1. The third-order valence-electron chi connectivity index (χ3n) is 3.16. The van der Waals surface area contributed by atoms with E-state index >= 15 is 0 Å². The SMILES string of the molecule is COc1cc(C(O)C(N)C(C)C)cc(OC)c1OC. The van der Waals surface area contributed by atoms with E-state index in [1.807, 2.05) is 13.8 Å². The van der Waals surface area contributed by atoms with E-state index in [2.05, 4.69) is 0 Å². The number of nitrogens with two attached hydrogens (primary N) is 1. The Morgan fingerprint density at radius 3 is 1.79 bits per heavy atom. The highest BCUT2D eigenvalue weighted by atomic mass is 16.5. The van der Waals surface area contributed by atoms with Crippen LogP contribution in [0.4, 0.5) is 0 Å². The van der Waals surface area contributed by atoms with Crippen molar-refractivity contribution in [1.29, 1.82) is 0 Å². The predicted molar refractivity (Wildman–Crippen MR) is 73.9 cm³/mol. The van der Waals surface area contributed by atoms with Gasteiger partial charge in [-0.2, -0.15) is 0 Å². The smallest absolute Gasteiger partial charge is 0.203 e. The fourth-order valence-corrected chi connectivity index (χ4v) is 1.86. The Morgan fingerprint density at radius 1 is 1.00 bits per heavy atom. The third kappa shape index (κ3) is 3.30. The summed E-state index contributed by atoms with van der Waals surface area (Å²) in [7, 11) is 4.61. The number of aliphatic hydroxyl groups excluding tert-OH is 1. The normalized spacial score (nSPS) is 14.1. The van der Waals surface area contributed by atoms with Gasteiger partial charge in [0.2, 0.25) is 5.75 Å². The molecule has 0 aliphatic heterocycles. The second kappa shape index (κ2) is 6.63. The van der Waals surface area contributed by atoms with E-state index in [-0.39, 0.29) is 12.0 Å². The first-order chi connectivity index (χ1) is 8.96.